The number of hydrogen-bond acceptors (Lipinski definition) is 8. The lowest BCUT2D eigenvalue weighted by atomic mass is 9.96. The number of fused-ring (bicyclic) bond motifs is 1. The van der Waals surface area contributed by atoms with E-state index in [0.29, 0.717) is 49.0 Å². The minimum absolute atomic E-state index is 0.0900. The number of hydrogen-bond donors (Lipinski definition) is 0. The molecule has 0 saturated heterocycles. The van der Waals surface area contributed by atoms with Gasteiger partial charge in [-0.1, -0.05) is 47.2 Å². The van der Waals surface area contributed by atoms with E-state index in [9.17, 15) is 14.0 Å². The van der Waals surface area contributed by atoms with Gasteiger partial charge in [0.05, 0.1) is 47.7 Å². The first-order valence-electron chi connectivity index (χ1n) is 13.3. The Bertz CT molecular complexity index is 1880. The molecule has 0 spiro atoms. The molecule has 1 aliphatic heterocycles. The number of esters is 1. The van der Waals surface area contributed by atoms with Gasteiger partial charge in [0.15, 0.2) is 16.3 Å². The average Bonchev–Trinajstić information content (AvgIpc) is 3.30. The van der Waals surface area contributed by atoms with Crippen molar-refractivity contribution in [1.29, 1.82) is 0 Å². The number of rotatable bonds is 9. The third-order valence-electron chi connectivity index (χ3n) is 6.87. The van der Waals surface area contributed by atoms with Crippen LogP contribution in [-0.2, 0) is 16.1 Å². The second kappa shape index (κ2) is 12.8. The Morgan fingerprint density at radius 1 is 1.09 bits per heavy atom. The number of aromatic nitrogens is 1. The van der Waals surface area contributed by atoms with Crippen LogP contribution < -0.4 is 29.1 Å². The van der Waals surface area contributed by atoms with Crippen LogP contribution in [0.1, 0.15) is 36.6 Å². The second-order valence-corrected chi connectivity index (χ2v) is 10.9. The summed E-state index contributed by atoms with van der Waals surface area (Å²) in [5.74, 6) is 0.427. The summed E-state index contributed by atoms with van der Waals surface area (Å²) in [7, 11) is 3.06. The van der Waals surface area contributed by atoms with Crippen molar-refractivity contribution in [3.8, 4) is 17.2 Å². The fourth-order valence-corrected chi connectivity index (χ4v) is 6.02. The molecule has 0 bridgehead atoms. The summed E-state index contributed by atoms with van der Waals surface area (Å²) in [5, 5.41) is 0.264. The minimum atomic E-state index is -0.737. The highest BCUT2D eigenvalue weighted by molar-refractivity contribution is 7.07. The Balaban J connectivity index is 1.54. The van der Waals surface area contributed by atoms with Gasteiger partial charge in [0, 0.05) is 5.56 Å². The first kappa shape index (κ1) is 30.1. The smallest absolute Gasteiger partial charge is 0.338 e. The number of carbonyl (C=O) groups is 1. The van der Waals surface area contributed by atoms with Gasteiger partial charge in [-0.05, 0) is 67.4 Å². The van der Waals surface area contributed by atoms with Gasteiger partial charge in [-0.25, -0.2) is 14.2 Å². The molecule has 1 aromatic heterocycles. The highest BCUT2D eigenvalue weighted by Gasteiger charge is 2.33. The van der Waals surface area contributed by atoms with E-state index in [4.69, 9.17) is 30.5 Å². The largest absolute Gasteiger partial charge is 0.497 e. The zero-order chi connectivity index (χ0) is 30.7. The quantitative estimate of drug-likeness (QED) is 0.239. The van der Waals surface area contributed by atoms with Gasteiger partial charge in [0.25, 0.3) is 5.56 Å². The van der Waals surface area contributed by atoms with E-state index in [0.717, 1.165) is 0 Å². The summed E-state index contributed by atoms with van der Waals surface area (Å²) in [6.07, 6.45) is 1.72. The zero-order valence-corrected chi connectivity index (χ0v) is 25.4. The first-order valence-corrected chi connectivity index (χ1v) is 14.5. The van der Waals surface area contributed by atoms with Gasteiger partial charge < -0.3 is 18.9 Å². The third-order valence-corrected chi connectivity index (χ3v) is 8.20. The van der Waals surface area contributed by atoms with Crippen molar-refractivity contribution in [3.63, 3.8) is 0 Å². The predicted molar refractivity (Wildman–Crippen MR) is 162 cm³/mol. The fourth-order valence-electron chi connectivity index (χ4n) is 4.76. The van der Waals surface area contributed by atoms with Crippen LogP contribution in [0, 0.1) is 5.82 Å². The second-order valence-electron chi connectivity index (χ2n) is 9.47. The summed E-state index contributed by atoms with van der Waals surface area (Å²) in [6.45, 7) is 3.56. The normalized spacial score (nSPS) is 14.7. The summed E-state index contributed by atoms with van der Waals surface area (Å²) >= 11 is 7.34. The van der Waals surface area contributed by atoms with Crippen LogP contribution in [0.15, 0.2) is 81.7 Å². The lowest BCUT2D eigenvalue weighted by Gasteiger charge is -2.24. The summed E-state index contributed by atoms with van der Waals surface area (Å²) in [4.78, 5) is 32.0. The first-order chi connectivity index (χ1) is 20.7. The molecule has 2 heterocycles. The van der Waals surface area contributed by atoms with Crippen molar-refractivity contribution in [2.24, 2.45) is 4.99 Å². The van der Waals surface area contributed by atoms with Gasteiger partial charge in [-0.15, -0.1) is 0 Å². The lowest BCUT2D eigenvalue weighted by molar-refractivity contribution is -0.139. The average molecular weight is 623 g/mol. The van der Waals surface area contributed by atoms with E-state index in [2.05, 4.69) is 4.99 Å². The highest BCUT2D eigenvalue weighted by atomic mass is 35.5. The maximum atomic E-state index is 14.2. The molecular weight excluding hydrogens is 595 g/mol. The molecule has 1 atom stereocenters. The molecule has 5 rings (SSSR count). The molecule has 0 saturated carbocycles. The van der Waals surface area contributed by atoms with Gasteiger partial charge in [0.1, 0.15) is 18.2 Å². The van der Waals surface area contributed by atoms with Crippen LogP contribution >= 0.6 is 22.9 Å². The van der Waals surface area contributed by atoms with Crippen molar-refractivity contribution in [2.45, 2.75) is 26.5 Å². The summed E-state index contributed by atoms with van der Waals surface area (Å²) in [5.41, 5.74) is 2.08. The topological polar surface area (TPSA) is 88.4 Å². The number of ether oxygens (including phenoxy) is 4. The molecule has 222 valence electrons. The Kier molecular flexibility index (Phi) is 8.98. The van der Waals surface area contributed by atoms with Gasteiger partial charge >= 0.3 is 5.97 Å². The van der Waals surface area contributed by atoms with Crippen LogP contribution in [0.3, 0.4) is 0 Å². The molecule has 3 aromatic carbocycles. The van der Waals surface area contributed by atoms with E-state index in [1.54, 1.807) is 63.4 Å². The van der Waals surface area contributed by atoms with Gasteiger partial charge in [0.2, 0.25) is 0 Å². The Labute approximate surface area is 255 Å². The van der Waals surface area contributed by atoms with Crippen molar-refractivity contribution in [3.05, 3.63) is 119 Å². The molecule has 4 aromatic rings. The SMILES string of the molecule is CCOC(=O)C1=C(C)N=c2s/c(=C\c3ccc(OCc4c(F)cccc4Cl)c(OC)c3)c(=O)n2[C@H]1c1ccc(OC)cc1. The van der Waals surface area contributed by atoms with E-state index < -0.39 is 17.8 Å². The zero-order valence-electron chi connectivity index (χ0n) is 23.9. The number of halogens is 2. The highest BCUT2D eigenvalue weighted by Crippen LogP contribution is 2.32. The molecule has 1 aliphatic rings. The molecule has 11 heteroatoms. The van der Waals surface area contributed by atoms with E-state index in [1.807, 2.05) is 12.1 Å². The summed E-state index contributed by atoms with van der Waals surface area (Å²) in [6, 6.07) is 16.0. The molecule has 43 heavy (non-hydrogen) atoms. The minimum Gasteiger partial charge on any atom is -0.497 e. The predicted octanol–water partition coefficient (Wildman–Crippen LogP) is 5.19. The molecule has 8 nitrogen and oxygen atoms in total. The monoisotopic (exact) mass is 622 g/mol. The Hall–Kier alpha value is -4.41. The maximum Gasteiger partial charge on any atom is 0.338 e. The third kappa shape index (κ3) is 6.07. The molecule has 0 N–H and O–H groups in total. The van der Waals surface area contributed by atoms with Crippen LogP contribution in [0.2, 0.25) is 5.02 Å². The number of carbonyl (C=O) groups excluding carboxylic acids is 1. The van der Waals surface area contributed by atoms with E-state index in [-0.39, 0.29) is 29.4 Å². The standard InChI is InChI=1S/C32H28ClFN2O6S/c1-5-41-31(38)28-18(2)35-32-36(29(28)20-10-12-21(39-3)13-11-20)30(37)27(43-32)16-19-9-14-25(26(15-19)40-4)42-17-22-23(33)7-6-8-24(22)34/h6-16,29H,5,17H2,1-4H3/b27-16-/t29-/m0/s1. The van der Waals surface area contributed by atoms with E-state index >= 15 is 0 Å². The summed E-state index contributed by atoms with van der Waals surface area (Å²) < 4.78 is 38.1. The van der Waals surface area contributed by atoms with Crippen molar-refractivity contribution in [2.75, 3.05) is 20.8 Å². The molecule has 0 radical (unpaired) electrons. The molecule has 0 aliphatic carbocycles. The van der Waals surface area contributed by atoms with Crippen LogP contribution in [-0.4, -0.2) is 31.4 Å². The van der Waals surface area contributed by atoms with Crippen molar-refractivity contribution >= 4 is 35.0 Å². The number of thiazole rings is 1. The van der Waals surface area contributed by atoms with Crippen LogP contribution in [0.4, 0.5) is 4.39 Å². The fraction of sp³-hybridized carbons (Fsp3) is 0.219. The van der Waals surface area contributed by atoms with E-state index in [1.165, 1.54) is 35.1 Å². The number of nitrogens with zero attached hydrogens (tertiary/aromatic N) is 2. The van der Waals surface area contributed by atoms with Gasteiger partial charge in [-0.3, -0.25) is 9.36 Å². The van der Waals surface area contributed by atoms with Crippen molar-refractivity contribution in [1.82, 2.24) is 4.57 Å². The van der Waals surface area contributed by atoms with Crippen molar-refractivity contribution < 1.29 is 28.1 Å². The Morgan fingerprint density at radius 2 is 1.86 bits per heavy atom. The maximum absolute atomic E-state index is 14.2. The molecule has 0 amide bonds. The van der Waals surface area contributed by atoms with Crippen LogP contribution in [0.5, 0.6) is 17.2 Å². The molecule has 0 unspecified atom stereocenters. The van der Waals surface area contributed by atoms with Gasteiger partial charge in [-0.2, -0.15) is 0 Å². The number of allylic oxidation sites excluding steroid dienone is 1. The Morgan fingerprint density at radius 3 is 2.53 bits per heavy atom. The molecule has 0 fully saturated rings. The number of methoxy groups -OCH3 is 2. The number of benzene rings is 3. The molecular formula is C32H28ClFN2O6S. The lowest BCUT2D eigenvalue weighted by Crippen LogP contribution is -2.39. The van der Waals surface area contributed by atoms with Crippen LogP contribution in [0.25, 0.3) is 6.08 Å².